The molecule has 5 heteroatoms. The predicted molar refractivity (Wildman–Crippen MR) is 97.7 cm³/mol. The van der Waals surface area contributed by atoms with E-state index >= 15 is 0 Å². The van der Waals surface area contributed by atoms with Crippen LogP contribution >= 0.6 is 0 Å². The SMILES string of the molecule is CC1(c2ccncc2)N=C(c2ccncc2)C=C(c2ccncc2)N1. The van der Waals surface area contributed by atoms with Gasteiger partial charge in [-0.1, -0.05) is 0 Å². The molecule has 1 unspecified atom stereocenters. The van der Waals surface area contributed by atoms with Crippen molar-refractivity contribution in [1.82, 2.24) is 20.3 Å². The number of pyridine rings is 3. The molecule has 4 heterocycles. The van der Waals surface area contributed by atoms with E-state index in [1.807, 2.05) is 36.4 Å². The standard InChI is InChI=1S/C20H17N5/c1-20(17-6-12-23-13-7-17)24-18(15-2-8-21-9-3-15)14-19(25-20)16-4-10-22-11-5-16/h2-14,24H,1H3. The Bertz CT molecular complexity index is 920. The number of aromatic nitrogens is 3. The third-order valence-electron chi connectivity index (χ3n) is 4.21. The van der Waals surface area contributed by atoms with E-state index < -0.39 is 5.66 Å². The lowest BCUT2D eigenvalue weighted by Gasteiger charge is -2.34. The predicted octanol–water partition coefficient (Wildman–Crippen LogP) is 3.18. The largest absolute Gasteiger partial charge is 0.357 e. The molecule has 0 fully saturated rings. The first-order chi connectivity index (χ1) is 12.2. The van der Waals surface area contributed by atoms with Crippen LogP contribution in [0.25, 0.3) is 5.70 Å². The summed E-state index contributed by atoms with van der Waals surface area (Å²) in [5.41, 5.74) is 4.47. The Morgan fingerprint density at radius 2 is 1.24 bits per heavy atom. The fraction of sp³-hybridized carbons (Fsp3) is 0.100. The number of allylic oxidation sites excluding steroid dienone is 1. The number of rotatable bonds is 3. The second-order valence-corrected chi connectivity index (χ2v) is 5.96. The van der Waals surface area contributed by atoms with E-state index in [4.69, 9.17) is 4.99 Å². The lowest BCUT2D eigenvalue weighted by molar-refractivity contribution is 0.447. The lowest BCUT2D eigenvalue weighted by Crippen LogP contribution is -2.40. The average molecular weight is 327 g/mol. The lowest BCUT2D eigenvalue weighted by atomic mass is 9.97. The number of hydrogen-bond donors (Lipinski definition) is 1. The van der Waals surface area contributed by atoms with Crippen LogP contribution in [0.5, 0.6) is 0 Å². The molecule has 25 heavy (non-hydrogen) atoms. The van der Waals surface area contributed by atoms with Crippen molar-refractivity contribution in [2.45, 2.75) is 12.6 Å². The van der Waals surface area contributed by atoms with E-state index in [0.29, 0.717) is 0 Å². The number of nitrogens with one attached hydrogen (secondary N) is 1. The van der Waals surface area contributed by atoms with Crippen LogP contribution in [0.15, 0.2) is 84.6 Å². The van der Waals surface area contributed by atoms with Crippen molar-refractivity contribution < 1.29 is 0 Å². The number of aliphatic imine (C=N–C) groups is 1. The van der Waals surface area contributed by atoms with Crippen LogP contribution in [0.2, 0.25) is 0 Å². The fourth-order valence-corrected chi connectivity index (χ4v) is 2.91. The third kappa shape index (κ3) is 3.04. The summed E-state index contributed by atoms with van der Waals surface area (Å²) < 4.78 is 0. The third-order valence-corrected chi connectivity index (χ3v) is 4.21. The Morgan fingerprint density at radius 1 is 0.720 bits per heavy atom. The van der Waals surface area contributed by atoms with Crippen molar-refractivity contribution in [2.24, 2.45) is 4.99 Å². The highest BCUT2D eigenvalue weighted by molar-refractivity contribution is 6.13. The monoisotopic (exact) mass is 327 g/mol. The van der Waals surface area contributed by atoms with Gasteiger partial charge in [-0.15, -0.1) is 0 Å². The minimum atomic E-state index is -0.588. The van der Waals surface area contributed by atoms with Crippen LogP contribution in [0.3, 0.4) is 0 Å². The maximum absolute atomic E-state index is 4.99. The van der Waals surface area contributed by atoms with Crippen molar-refractivity contribution in [3.63, 3.8) is 0 Å². The number of nitrogens with zero attached hydrogens (tertiary/aromatic N) is 4. The van der Waals surface area contributed by atoms with Gasteiger partial charge < -0.3 is 5.32 Å². The zero-order chi connectivity index (χ0) is 17.1. The highest BCUT2D eigenvalue weighted by Gasteiger charge is 2.30. The van der Waals surface area contributed by atoms with Crippen LogP contribution in [-0.2, 0) is 5.66 Å². The highest BCUT2D eigenvalue weighted by Crippen LogP contribution is 2.30. The first-order valence-corrected chi connectivity index (χ1v) is 8.06. The summed E-state index contributed by atoms with van der Waals surface area (Å²) in [5, 5.41) is 3.56. The first-order valence-electron chi connectivity index (χ1n) is 8.06. The molecule has 3 aromatic heterocycles. The molecular weight excluding hydrogens is 310 g/mol. The minimum Gasteiger partial charge on any atom is -0.357 e. The Kier molecular flexibility index (Phi) is 3.82. The summed E-state index contributed by atoms with van der Waals surface area (Å²) in [6.45, 7) is 2.07. The zero-order valence-corrected chi connectivity index (χ0v) is 13.8. The molecule has 0 aliphatic carbocycles. The van der Waals surface area contributed by atoms with Gasteiger partial charge in [-0.05, 0) is 49.4 Å². The van der Waals surface area contributed by atoms with Crippen molar-refractivity contribution in [2.75, 3.05) is 0 Å². The maximum atomic E-state index is 4.99. The Balaban J connectivity index is 1.85. The van der Waals surface area contributed by atoms with Gasteiger partial charge in [0.25, 0.3) is 0 Å². The highest BCUT2D eigenvalue weighted by atomic mass is 15.2. The normalized spacial score (nSPS) is 19.6. The molecule has 4 rings (SSSR count). The van der Waals surface area contributed by atoms with Crippen molar-refractivity contribution in [1.29, 1.82) is 0 Å². The molecule has 0 radical (unpaired) electrons. The molecule has 0 amide bonds. The van der Waals surface area contributed by atoms with Gasteiger partial charge in [0.15, 0.2) is 5.66 Å². The van der Waals surface area contributed by atoms with E-state index in [9.17, 15) is 0 Å². The topological polar surface area (TPSA) is 63.1 Å². The Morgan fingerprint density at radius 3 is 1.84 bits per heavy atom. The molecule has 0 saturated carbocycles. The summed E-state index contributed by atoms with van der Waals surface area (Å²) in [4.78, 5) is 17.3. The van der Waals surface area contributed by atoms with Gasteiger partial charge in [-0.3, -0.25) is 19.9 Å². The van der Waals surface area contributed by atoms with Gasteiger partial charge in [0, 0.05) is 59.6 Å². The van der Waals surface area contributed by atoms with Gasteiger partial charge in [0.1, 0.15) is 0 Å². The van der Waals surface area contributed by atoms with Gasteiger partial charge in [-0.2, -0.15) is 0 Å². The molecule has 3 aromatic rings. The molecule has 5 nitrogen and oxygen atoms in total. The van der Waals surface area contributed by atoms with Gasteiger partial charge in [-0.25, -0.2) is 0 Å². The first kappa shape index (κ1) is 15.2. The van der Waals surface area contributed by atoms with E-state index in [1.54, 1.807) is 37.2 Å². The summed E-state index contributed by atoms with van der Waals surface area (Å²) >= 11 is 0. The van der Waals surface area contributed by atoms with Gasteiger partial charge in [0.05, 0.1) is 5.71 Å². The molecule has 0 bridgehead atoms. The zero-order valence-electron chi connectivity index (χ0n) is 13.8. The summed E-state index contributed by atoms with van der Waals surface area (Å²) in [7, 11) is 0. The maximum Gasteiger partial charge on any atom is 0.153 e. The van der Waals surface area contributed by atoms with Crippen LogP contribution in [0.4, 0.5) is 0 Å². The molecule has 122 valence electrons. The molecule has 1 atom stereocenters. The van der Waals surface area contributed by atoms with E-state index in [2.05, 4.69) is 33.3 Å². The van der Waals surface area contributed by atoms with Crippen molar-refractivity contribution in [3.8, 4) is 0 Å². The van der Waals surface area contributed by atoms with Crippen LogP contribution in [0.1, 0.15) is 23.6 Å². The Labute approximate surface area is 146 Å². The molecule has 1 aliphatic heterocycles. The summed E-state index contributed by atoms with van der Waals surface area (Å²) in [5.74, 6) is 0. The second kappa shape index (κ2) is 6.28. The van der Waals surface area contributed by atoms with E-state index in [1.165, 1.54) is 0 Å². The summed E-state index contributed by atoms with van der Waals surface area (Å²) in [6.07, 6.45) is 12.8. The Hall–Kier alpha value is -3.34. The average Bonchev–Trinajstić information content (AvgIpc) is 2.70. The number of hydrogen-bond acceptors (Lipinski definition) is 5. The van der Waals surface area contributed by atoms with Crippen LogP contribution in [0, 0.1) is 0 Å². The smallest absolute Gasteiger partial charge is 0.153 e. The van der Waals surface area contributed by atoms with Crippen LogP contribution < -0.4 is 5.32 Å². The quantitative estimate of drug-likeness (QED) is 0.802. The molecular formula is C20H17N5. The second-order valence-electron chi connectivity index (χ2n) is 5.96. The van der Waals surface area contributed by atoms with Crippen molar-refractivity contribution in [3.05, 3.63) is 96.3 Å². The van der Waals surface area contributed by atoms with E-state index in [0.717, 1.165) is 28.1 Å². The van der Waals surface area contributed by atoms with Crippen LogP contribution in [-0.4, -0.2) is 20.7 Å². The molecule has 1 N–H and O–H groups in total. The van der Waals surface area contributed by atoms with Gasteiger partial charge in [0.2, 0.25) is 0 Å². The fourth-order valence-electron chi connectivity index (χ4n) is 2.91. The summed E-state index contributed by atoms with van der Waals surface area (Å²) in [6, 6.07) is 11.9. The molecule has 0 aromatic carbocycles. The van der Waals surface area contributed by atoms with E-state index in [-0.39, 0.29) is 0 Å². The molecule has 0 saturated heterocycles. The van der Waals surface area contributed by atoms with Crippen molar-refractivity contribution >= 4 is 11.4 Å². The molecule has 0 spiro atoms. The molecule has 1 aliphatic rings. The minimum absolute atomic E-state index is 0.588. The van der Waals surface area contributed by atoms with Gasteiger partial charge >= 0.3 is 0 Å².